The number of hydrogen-bond acceptors (Lipinski definition) is 3. The molecular formula is C17H17F3N2O2. The minimum absolute atomic E-state index is 0.139. The van der Waals surface area contributed by atoms with Crippen molar-refractivity contribution in [3.8, 4) is 0 Å². The Morgan fingerprint density at radius 1 is 1.00 bits per heavy atom. The first-order valence-corrected chi connectivity index (χ1v) is 7.43. The number of nitro groups is 1. The van der Waals surface area contributed by atoms with E-state index in [4.69, 9.17) is 0 Å². The molecule has 1 unspecified atom stereocenters. The molecule has 2 rings (SSSR count). The molecule has 0 radical (unpaired) electrons. The molecule has 0 aliphatic heterocycles. The summed E-state index contributed by atoms with van der Waals surface area (Å²) >= 11 is 0. The van der Waals surface area contributed by atoms with Gasteiger partial charge in [0.25, 0.3) is 5.69 Å². The third kappa shape index (κ3) is 5.34. The normalized spacial score (nSPS) is 12.8. The van der Waals surface area contributed by atoms with Crippen molar-refractivity contribution in [3.63, 3.8) is 0 Å². The van der Waals surface area contributed by atoms with Gasteiger partial charge in [0.05, 0.1) is 4.92 Å². The molecule has 1 N–H and O–H groups in total. The molecule has 2 aromatic carbocycles. The summed E-state index contributed by atoms with van der Waals surface area (Å²) in [5.74, 6) is 0. The standard InChI is InChI=1S/C17H17F3N2O2/c18-17(19,20)16(21-11-10-13-4-2-1-3-5-13)12-14-6-8-15(9-7-14)22(23)24/h1-9,16,21H,10-12H2. The van der Waals surface area contributed by atoms with E-state index in [2.05, 4.69) is 5.32 Å². The van der Waals surface area contributed by atoms with Crippen molar-refractivity contribution >= 4 is 5.69 Å². The molecule has 128 valence electrons. The second kappa shape index (κ2) is 7.92. The van der Waals surface area contributed by atoms with Crippen molar-refractivity contribution in [1.82, 2.24) is 5.32 Å². The van der Waals surface area contributed by atoms with Crippen LogP contribution >= 0.6 is 0 Å². The van der Waals surface area contributed by atoms with Gasteiger partial charge >= 0.3 is 6.18 Å². The molecule has 0 aliphatic carbocycles. The first kappa shape index (κ1) is 17.9. The van der Waals surface area contributed by atoms with E-state index in [0.29, 0.717) is 12.0 Å². The van der Waals surface area contributed by atoms with Gasteiger partial charge in [-0.2, -0.15) is 13.2 Å². The quantitative estimate of drug-likeness (QED) is 0.615. The van der Waals surface area contributed by atoms with Crippen LogP contribution in [0.15, 0.2) is 54.6 Å². The molecule has 2 aromatic rings. The average Bonchev–Trinajstić information content (AvgIpc) is 2.54. The van der Waals surface area contributed by atoms with E-state index in [1.165, 1.54) is 24.3 Å². The van der Waals surface area contributed by atoms with Crippen LogP contribution in [0.5, 0.6) is 0 Å². The maximum atomic E-state index is 13.2. The number of non-ortho nitro benzene ring substituents is 1. The molecule has 7 heteroatoms. The number of nitrogens with zero attached hydrogens (tertiary/aromatic N) is 1. The fraction of sp³-hybridized carbons (Fsp3) is 0.294. The number of nitro benzene ring substituents is 1. The van der Waals surface area contributed by atoms with Crippen LogP contribution in [-0.4, -0.2) is 23.7 Å². The van der Waals surface area contributed by atoms with E-state index in [1.54, 1.807) is 0 Å². The lowest BCUT2D eigenvalue weighted by molar-refractivity contribution is -0.384. The van der Waals surface area contributed by atoms with Gasteiger partial charge in [0, 0.05) is 12.1 Å². The van der Waals surface area contributed by atoms with Crippen LogP contribution in [-0.2, 0) is 12.8 Å². The summed E-state index contributed by atoms with van der Waals surface area (Å²) in [7, 11) is 0. The van der Waals surface area contributed by atoms with Crippen LogP contribution in [0.2, 0.25) is 0 Å². The minimum atomic E-state index is -4.39. The highest BCUT2D eigenvalue weighted by molar-refractivity contribution is 5.33. The molecule has 0 aliphatic rings. The number of rotatable bonds is 7. The Balaban J connectivity index is 1.96. The van der Waals surface area contributed by atoms with Crippen LogP contribution in [0.1, 0.15) is 11.1 Å². The number of hydrogen-bond donors (Lipinski definition) is 1. The second-order valence-corrected chi connectivity index (χ2v) is 5.41. The Labute approximate surface area is 137 Å². The zero-order chi connectivity index (χ0) is 17.6. The number of nitrogens with one attached hydrogen (secondary N) is 1. The van der Waals surface area contributed by atoms with E-state index < -0.39 is 17.1 Å². The average molecular weight is 338 g/mol. The van der Waals surface area contributed by atoms with Gasteiger partial charge in [0.15, 0.2) is 0 Å². The third-order valence-electron chi connectivity index (χ3n) is 3.63. The monoisotopic (exact) mass is 338 g/mol. The fourth-order valence-corrected chi connectivity index (χ4v) is 2.33. The molecule has 0 aromatic heterocycles. The van der Waals surface area contributed by atoms with Crippen molar-refractivity contribution in [2.75, 3.05) is 6.54 Å². The van der Waals surface area contributed by atoms with E-state index in [0.717, 1.165) is 5.56 Å². The van der Waals surface area contributed by atoms with E-state index in [1.807, 2.05) is 30.3 Å². The van der Waals surface area contributed by atoms with Crippen molar-refractivity contribution in [2.24, 2.45) is 0 Å². The smallest absolute Gasteiger partial charge is 0.306 e. The van der Waals surface area contributed by atoms with Gasteiger partial charge in [0.1, 0.15) is 6.04 Å². The second-order valence-electron chi connectivity index (χ2n) is 5.41. The lowest BCUT2D eigenvalue weighted by atomic mass is 10.0. The van der Waals surface area contributed by atoms with E-state index >= 15 is 0 Å². The topological polar surface area (TPSA) is 55.2 Å². The number of halogens is 3. The van der Waals surface area contributed by atoms with Gasteiger partial charge in [-0.15, -0.1) is 0 Å². The highest BCUT2D eigenvalue weighted by atomic mass is 19.4. The predicted molar refractivity (Wildman–Crippen MR) is 84.8 cm³/mol. The van der Waals surface area contributed by atoms with Crippen LogP contribution in [0.3, 0.4) is 0 Å². The van der Waals surface area contributed by atoms with Crippen molar-refractivity contribution in [1.29, 1.82) is 0 Å². The maximum absolute atomic E-state index is 13.2. The maximum Gasteiger partial charge on any atom is 0.404 e. The number of alkyl halides is 3. The molecule has 1 atom stereocenters. The van der Waals surface area contributed by atoms with Crippen molar-refractivity contribution in [2.45, 2.75) is 25.1 Å². The Morgan fingerprint density at radius 2 is 1.62 bits per heavy atom. The van der Waals surface area contributed by atoms with Crippen molar-refractivity contribution < 1.29 is 18.1 Å². The van der Waals surface area contributed by atoms with Gasteiger partial charge in [-0.3, -0.25) is 10.1 Å². The zero-order valence-electron chi connectivity index (χ0n) is 12.8. The Morgan fingerprint density at radius 3 is 2.17 bits per heavy atom. The highest BCUT2D eigenvalue weighted by Crippen LogP contribution is 2.24. The van der Waals surface area contributed by atoms with Crippen LogP contribution < -0.4 is 5.32 Å². The first-order chi connectivity index (χ1) is 11.4. The summed E-state index contributed by atoms with van der Waals surface area (Å²) in [6.45, 7) is 0.196. The molecule has 0 fully saturated rings. The summed E-state index contributed by atoms with van der Waals surface area (Å²) in [5.41, 5.74) is 1.22. The SMILES string of the molecule is O=[N+]([O-])c1ccc(CC(NCCc2ccccc2)C(F)(F)F)cc1. The lowest BCUT2D eigenvalue weighted by Gasteiger charge is -2.22. The van der Waals surface area contributed by atoms with Gasteiger partial charge in [-0.05, 0) is 30.5 Å². The summed E-state index contributed by atoms with van der Waals surface area (Å²) in [4.78, 5) is 10.0. The van der Waals surface area contributed by atoms with Gasteiger partial charge in [0.2, 0.25) is 0 Å². The van der Waals surface area contributed by atoms with Crippen LogP contribution in [0.4, 0.5) is 18.9 Å². The fourth-order valence-electron chi connectivity index (χ4n) is 2.33. The first-order valence-electron chi connectivity index (χ1n) is 7.43. The molecule has 0 saturated carbocycles. The molecule has 24 heavy (non-hydrogen) atoms. The zero-order valence-corrected chi connectivity index (χ0v) is 12.8. The van der Waals surface area contributed by atoms with Gasteiger partial charge in [-0.25, -0.2) is 0 Å². The third-order valence-corrected chi connectivity index (χ3v) is 3.63. The Hall–Kier alpha value is -2.41. The Bertz CT molecular complexity index is 658. The highest BCUT2D eigenvalue weighted by Gasteiger charge is 2.39. The van der Waals surface area contributed by atoms with Crippen LogP contribution in [0, 0.1) is 10.1 Å². The van der Waals surface area contributed by atoms with Crippen LogP contribution in [0.25, 0.3) is 0 Å². The van der Waals surface area contributed by atoms with Gasteiger partial charge < -0.3 is 5.32 Å². The molecule has 0 amide bonds. The largest absolute Gasteiger partial charge is 0.404 e. The predicted octanol–water partition coefficient (Wildman–Crippen LogP) is 3.90. The molecule has 0 saturated heterocycles. The van der Waals surface area contributed by atoms with Gasteiger partial charge in [-0.1, -0.05) is 42.5 Å². The lowest BCUT2D eigenvalue weighted by Crippen LogP contribution is -2.44. The molecular weight excluding hydrogens is 321 g/mol. The molecule has 0 heterocycles. The summed E-state index contributed by atoms with van der Waals surface area (Å²) < 4.78 is 39.5. The minimum Gasteiger partial charge on any atom is -0.306 e. The molecule has 0 spiro atoms. The summed E-state index contributed by atoms with van der Waals surface area (Å²) in [6, 6.07) is 12.7. The Kier molecular flexibility index (Phi) is 5.92. The molecule has 4 nitrogen and oxygen atoms in total. The van der Waals surface area contributed by atoms with E-state index in [9.17, 15) is 23.3 Å². The number of benzene rings is 2. The van der Waals surface area contributed by atoms with Crippen molar-refractivity contribution in [3.05, 3.63) is 75.8 Å². The summed E-state index contributed by atoms with van der Waals surface area (Å²) in [6.07, 6.45) is -4.16. The molecule has 0 bridgehead atoms. The van der Waals surface area contributed by atoms with E-state index in [-0.39, 0.29) is 18.7 Å². The summed E-state index contributed by atoms with van der Waals surface area (Å²) in [5, 5.41) is 13.1.